The van der Waals surface area contributed by atoms with Gasteiger partial charge < -0.3 is 15.8 Å². The summed E-state index contributed by atoms with van der Waals surface area (Å²) >= 11 is 3.39. The Morgan fingerprint density at radius 3 is 2.32 bits per heavy atom. The zero-order chi connectivity index (χ0) is 17.7. The van der Waals surface area contributed by atoms with Crippen molar-refractivity contribution in [2.45, 2.75) is 25.8 Å². The molecule has 1 unspecified atom stereocenters. The van der Waals surface area contributed by atoms with E-state index in [1.165, 1.54) is 5.56 Å². The van der Waals surface area contributed by atoms with Gasteiger partial charge in [-0.05, 0) is 51.2 Å². The molecule has 136 valence electrons. The van der Waals surface area contributed by atoms with Gasteiger partial charge in [0.1, 0.15) is 5.75 Å². The number of rotatable bonds is 6. The molecule has 0 aliphatic heterocycles. The van der Waals surface area contributed by atoms with E-state index in [1.807, 2.05) is 12.1 Å². The number of carbonyl (C=O) groups excluding carboxylic acids is 1. The fourth-order valence-electron chi connectivity index (χ4n) is 2.35. The first-order valence-corrected chi connectivity index (χ1v) is 8.69. The van der Waals surface area contributed by atoms with Crippen molar-refractivity contribution in [3.63, 3.8) is 0 Å². The third kappa shape index (κ3) is 5.73. The molecule has 0 spiro atoms. The molecule has 0 saturated carbocycles. The van der Waals surface area contributed by atoms with Crippen LogP contribution in [0.5, 0.6) is 5.75 Å². The van der Waals surface area contributed by atoms with Gasteiger partial charge in [0.2, 0.25) is 0 Å². The molecule has 3 N–H and O–H groups in total. The Morgan fingerprint density at radius 2 is 1.76 bits per heavy atom. The third-order valence-electron chi connectivity index (χ3n) is 3.93. The van der Waals surface area contributed by atoms with Gasteiger partial charge in [-0.25, -0.2) is 0 Å². The molecule has 0 fully saturated rings. The first kappa shape index (κ1) is 21.5. The number of amides is 1. The average molecular weight is 428 g/mol. The molecule has 2 aromatic rings. The Kier molecular flexibility index (Phi) is 8.42. The van der Waals surface area contributed by atoms with Crippen LogP contribution in [0.1, 0.15) is 47.3 Å². The normalized spacial score (nSPS) is 11.6. The van der Waals surface area contributed by atoms with Crippen molar-refractivity contribution in [1.29, 1.82) is 0 Å². The number of halogens is 2. The summed E-state index contributed by atoms with van der Waals surface area (Å²) in [5.74, 6) is 0.937. The minimum atomic E-state index is -0.250. The van der Waals surface area contributed by atoms with Crippen LogP contribution in [0.3, 0.4) is 0 Å². The zero-order valence-corrected chi connectivity index (χ0v) is 17.0. The molecule has 4 nitrogen and oxygen atoms in total. The molecule has 0 saturated heterocycles. The van der Waals surface area contributed by atoms with Crippen LogP contribution in [-0.4, -0.2) is 19.6 Å². The standard InChI is InChI=1S/C19H23BrN2O2.ClH/c1-12(2)13-4-6-14(7-5-13)18(21)11-22-19(23)16-10-15(24-3)8-9-17(16)20;/h4-10,12,18H,11,21H2,1-3H3,(H,22,23);1H. The Morgan fingerprint density at radius 1 is 1.16 bits per heavy atom. The van der Waals surface area contributed by atoms with Crippen molar-refractivity contribution in [3.8, 4) is 5.75 Å². The summed E-state index contributed by atoms with van der Waals surface area (Å²) < 4.78 is 5.88. The van der Waals surface area contributed by atoms with E-state index >= 15 is 0 Å². The number of methoxy groups -OCH3 is 1. The first-order chi connectivity index (χ1) is 11.4. The third-order valence-corrected chi connectivity index (χ3v) is 4.62. The second kappa shape index (κ2) is 9.80. The SMILES string of the molecule is COc1ccc(Br)c(C(=O)NCC(N)c2ccc(C(C)C)cc2)c1.Cl. The highest BCUT2D eigenvalue weighted by Gasteiger charge is 2.13. The molecule has 25 heavy (non-hydrogen) atoms. The molecule has 0 aliphatic rings. The molecular weight excluding hydrogens is 404 g/mol. The monoisotopic (exact) mass is 426 g/mol. The van der Waals surface area contributed by atoms with E-state index in [9.17, 15) is 4.79 Å². The molecule has 0 heterocycles. The van der Waals surface area contributed by atoms with E-state index in [1.54, 1.807) is 25.3 Å². The molecule has 1 atom stereocenters. The fourth-order valence-corrected chi connectivity index (χ4v) is 2.78. The Labute approximate surface area is 163 Å². The molecule has 6 heteroatoms. The highest BCUT2D eigenvalue weighted by atomic mass is 79.9. The lowest BCUT2D eigenvalue weighted by Gasteiger charge is -2.15. The lowest BCUT2D eigenvalue weighted by Crippen LogP contribution is -2.32. The van der Waals surface area contributed by atoms with Crippen LogP contribution in [0, 0.1) is 0 Å². The number of nitrogens with two attached hydrogens (primary N) is 1. The van der Waals surface area contributed by atoms with Gasteiger partial charge in [0.15, 0.2) is 0 Å². The predicted octanol–water partition coefficient (Wildman–Crippen LogP) is 4.43. The Hall–Kier alpha value is -1.56. The number of ether oxygens (including phenoxy) is 1. The lowest BCUT2D eigenvalue weighted by atomic mass is 9.99. The van der Waals surface area contributed by atoms with Crippen molar-refractivity contribution >= 4 is 34.2 Å². The number of nitrogens with one attached hydrogen (secondary N) is 1. The van der Waals surface area contributed by atoms with Crippen molar-refractivity contribution in [2.24, 2.45) is 5.73 Å². The van der Waals surface area contributed by atoms with Crippen LogP contribution >= 0.6 is 28.3 Å². The van der Waals surface area contributed by atoms with E-state index in [0.29, 0.717) is 23.8 Å². The first-order valence-electron chi connectivity index (χ1n) is 7.89. The van der Waals surface area contributed by atoms with E-state index in [2.05, 4.69) is 47.2 Å². The van der Waals surface area contributed by atoms with E-state index in [0.717, 1.165) is 10.0 Å². The molecule has 2 rings (SSSR count). The van der Waals surface area contributed by atoms with Gasteiger partial charge in [-0.3, -0.25) is 4.79 Å². The zero-order valence-electron chi connectivity index (χ0n) is 14.6. The van der Waals surface area contributed by atoms with Gasteiger partial charge in [0, 0.05) is 17.1 Å². The van der Waals surface area contributed by atoms with Crippen molar-refractivity contribution in [3.05, 3.63) is 63.6 Å². The number of hydrogen-bond donors (Lipinski definition) is 2. The smallest absolute Gasteiger partial charge is 0.252 e. The van der Waals surface area contributed by atoms with E-state index in [-0.39, 0.29) is 24.4 Å². The summed E-state index contributed by atoms with van der Waals surface area (Å²) in [5.41, 5.74) is 8.99. The summed E-state index contributed by atoms with van der Waals surface area (Å²) in [4.78, 5) is 12.4. The second-order valence-electron chi connectivity index (χ2n) is 5.98. The molecular formula is C19H24BrClN2O2. The minimum Gasteiger partial charge on any atom is -0.497 e. The van der Waals surface area contributed by atoms with Crippen molar-refractivity contribution in [1.82, 2.24) is 5.32 Å². The molecule has 0 radical (unpaired) electrons. The summed E-state index contributed by atoms with van der Waals surface area (Å²) in [5, 5.41) is 2.88. The van der Waals surface area contributed by atoms with Crippen molar-refractivity contribution < 1.29 is 9.53 Å². The molecule has 0 bridgehead atoms. The average Bonchev–Trinajstić information content (AvgIpc) is 2.59. The van der Waals surface area contributed by atoms with Gasteiger partial charge in [-0.2, -0.15) is 0 Å². The van der Waals surface area contributed by atoms with Gasteiger partial charge in [-0.15, -0.1) is 12.4 Å². The molecule has 2 aromatic carbocycles. The lowest BCUT2D eigenvalue weighted by molar-refractivity contribution is 0.0950. The maximum Gasteiger partial charge on any atom is 0.252 e. The largest absolute Gasteiger partial charge is 0.497 e. The molecule has 0 aromatic heterocycles. The van der Waals surface area contributed by atoms with Crippen LogP contribution in [0.15, 0.2) is 46.9 Å². The minimum absolute atomic E-state index is 0. The van der Waals surface area contributed by atoms with Crippen LogP contribution < -0.4 is 15.8 Å². The highest BCUT2D eigenvalue weighted by Crippen LogP contribution is 2.22. The number of hydrogen-bond acceptors (Lipinski definition) is 3. The topological polar surface area (TPSA) is 64.3 Å². The predicted molar refractivity (Wildman–Crippen MR) is 108 cm³/mol. The molecule has 1 amide bonds. The van der Waals surface area contributed by atoms with Crippen LogP contribution in [0.2, 0.25) is 0 Å². The van der Waals surface area contributed by atoms with E-state index in [4.69, 9.17) is 10.5 Å². The number of benzene rings is 2. The van der Waals surface area contributed by atoms with Crippen LogP contribution in [-0.2, 0) is 0 Å². The summed E-state index contributed by atoms with van der Waals surface area (Å²) in [6.45, 7) is 4.67. The summed E-state index contributed by atoms with van der Waals surface area (Å²) in [6, 6.07) is 13.2. The summed E-state index contributed by atoms with van der Waals surface area (Å²) in [7, 11) is 1.57. The Balaban J connectivity index is 0.00000312. The quantitative estimate of drug-likeness (QED) is 0.716. The fraction of sp³-hybridized carbons (Fsp3) is 0.316. The van der Waals surface area contributed by atoms with Gasteiger partial charge in [0.05, 0.1) is 12.7 Å². The number of carbonyl (C=O) groups is 1. The second-order valence-corrected chi connectivity index (χ2v) is 6.84. The van der Waals surface area contributed by atoms with E-state index < -0.39 is 0 Å². The van der Waals surface area contributed by atoms with Crippen LogP contribution in [0.4, 0.5) is 0 Å². The van der Waals surface area contributed by atoms with Gasteiger partial charge >= 0.3 is 0 Å². The maximum atomic E-state index is 12.4. The van der Waals surface area contributed by atoms with Gasteiger partial charge in [0.25, 0.3) is 5.91 Å². The highest BCUT2D eigenvalue weighted by molar-refractivity contribution is 9.10. The Bertz CT molecular complexity index is 705. The summed E-state index contributed by atoms with van der Waals surface area (Å²) in [6.07, 6.45) is 0. The molecule has 0 aliphatic carbocycles. The maximum absolute atomic E-state index is 12.4. The van der Waals surface area contributed by atoms with Gasteiger partial charge in [-0.1, -0.05) is 38.1 Å². The van der Waals surface area contributed by atoms with Crippen LogP contribution in [0.25, 0.3) is 0 Å². The van der Waals surface area contributed by atoms with Crippen molar-refractivity contribution in [2.75, 3.05) is 13.7 Å².